The Bertz CT molecular complexity index is 1220. The molecule has 1 aliphatic rings. The molecule has 4 aromatic rings. The predicted octanol–water partition coefficient (Wildman–Crippen LogP) is 3.37. The van der Waals surface area contributed by atoms with E-state index in [1.807, 2.05) is 30.3 Å². The highest BCUT2D eigenvalue weighted by Crippen LogP contribution is 2.38. The maximum absolute atomic E-state index is 12.6. The summed E-state index contributed by atoms with van der Waals surface area (Å²) in [5.74, 6) is 0.648. The Morgan fingerprint density at radius 3 is 2.87 bits per heavy atom. The molecule has 0 aliphatic carbocycles. The third kappa shape index (κ3) is 3.90. The molecule has 1 aliphatic heterocycles. The highest BCUT2D eigenvalue weighted by molar-refractivity contribution is 5.93. The van der Waals surface area contributed by atoms with E-state index >= 15 is 0 Å². The monoisotopic (exact) mass is 411 g/mol. The third-order valence-corrected chi connectivity index (χ3v) is 5.24. The van der Waals surface area contributed by atoms with Crippen LogP contribution in [0.5, 0.6) is 5.75 Å². The van der Waals surface area contributed by atoms with Crippen molar-refractivity contribution < 1.29 is 9.53 Å². The summed E-state index contributed by atoms with van der Waals surface area (Å²) in [5.41, 5.74) is 5.39. The maximum Gasteiger partial charge on any atom is 0.254 e. The largest absolute Gasteiger partial charge is 0.487 e. The summed E-state index contributed by atoms with van der Waals surface area (Å²) in [6, 6.07) is 13.9. The second-order valence-electron chi connectivity index (χ2n) is 7.55. The van der Waals surface area contributed by atoms with Gasteiger partial charge in [-0.05, 0) is 36.2 Å². The number of aromatic nitrogens is 4. The molecule has 1 amide bonds. The molecule has 154 valence electrons. The normalized spacial score (nSPS) is 14.7. The molecular formula is C24H21N5O2. The van der Waals surface area contributed by atoms with Crippen LogP contribution < -0.4 is 10.1 Å². The van der Waals surface area contributed by atoms with Crippen molar-refractivity contribution in [3.8, 4) is 22.7 Å². The molecule has 2 aromatic carbocycles. The van der Waals surface area contributed by atoms with Gasteiger partial charge >= 0.3 is 0 Å². The average molecular weight is 411 g/mol. The molecule has 0 spiro atoms. The number of carbonyl (C=O) groups is 1. The number of ether oxygens (including phenoxy) is 1. The lowest BCUT2D eigenvalue weighted by atomic mass is 10.0. The van der Waals surface area contributed by atoms with Crippen molar-refractivity contribution in [3.05, 3.63) is 90.1 Å². The first kappa shape index (κ1) is 19.0. The SMILES string of the molecule is Cc1cc2c(c(-c3cnccn3)c1)O[C@H](CNC(=O)c1cnn(-c3ccccc3)c1)C2. The van der Waals surface area contributed by atoms with Crippen LogP contribution in [0.25, 0.3) is 16.9 Å². The Morgan fingerprint density at radius 2 is 2.06 bits per heavy atom. The number of hydrogen-bond acceptors (Lipinski definition) is 5. The van der Waals surface area contributed by atoms with Crippen LogP contribution in [-0.4, -0.2) is 38.3 Å². The number of fused-ring (bicyclic) bond motifs is 1. The molecule has 5 rings (SSSR count). The van der Waals surface area contributed by atoms with Crippen molar-refractivity contribution in [1.29, 1.82) is 0 Å². The van der Waals surface area contributed by atoms with E-state index in [1.165, 1.54) is 0 Å². The molecule has 0 radical (unpaired) electrons. The Kier molecular flexibility index (Phi) is 4.92. The van der Waals surface area contributed by atoms with E-state index < -0.39 is 0 Å². The van der Waals surface area contributed by atoms with Crippen molar-refractivity contribution in [2.24, 2.45) is 0 Å². The number of para-hydroxylation sites is 1. The predicted molar refractivity (Wildman–Crippen MR) is 116 cm³/mol. The van der Waals surface area contributed by atoms with Crippen LogP contribution in [0.15, 0.2) is 73.4 Å². The zero-order chi connectivity index (χ0) is 21.2. The fourth-order valence-electron chi connectivity index (χ4n) is 3.81. The first-order valence-electron chi connectivity index (χ1n) is 10.1. The molecule has 0 saturated heterocycles. The minimum Gasteiger partial charge on any atom is -0.487 e. The maximum atomic E-state index is 12.6. The molecule has 1 N–H and O–H groups in total. The molecule has 0 bridgehead atoms. The number of amides is 1. The fraction of sp³-hybridized carbons (Fsp3) is 0.167. The van der Waals surface area contributed by atoms with Crippen molar-refractivity contribution >= 4 is 5.91 Å². The zero-order valence-corrected chi connectivity index (χ0v) is 17.0. The van der Waals surface area contributed by atoms with Crippen LogP contribution in [-0.2, 0) is 6.42 Å². The van der Waals surface area contributed by atoms with Crippen molar-refractivity contribution in [2.75, 3.05) is 6.54 Å². The zero-order valence-electron chi connectivity index (χ0n) is 17.0. The number of carbonyl (C=O) groups excluding carboxylic acids is 1. The van der Waals surface area contributed by atoms with Crippen LogP contribution in [0.2, 0.25) is 0 Å². The minimum atomic E-state index is -0.174. The smallest absolute Gasteiger partial charge is 0.254 e. The van der Waals surface area contributed by atoms with Gasteiger partial charge < -0.3 is 10.1 Å². The van der Waals surface area contributed by atoms with Crippen LogP contribution in [0, 0.1) is 6.92 Å². The molecule has 1 atom stereocenters. The van der Waals surface area contributed by atoms with Gasteiger partial charge in [-0.15, -0.1) is 0 Å². The second-order valence-corrected chi connectivity index (χ2v) is 7.55. The number of rotatable bonds is 5. The highest BCUT2D eigenvalue weighted by Gasteiger charge is 2.27. The average Bonchev–Trinajstić information content (AvgIpc) is 3.45. The quantitative estimate of drug-likeness (QED) is 0.545. The first-order valence-corrected chi connectivity index (χ1v) is 10.1. The molecule has 7 nitrogen and oxygen atoms in total. The molecule has 0 unspecified atom stereocenters. The van der Waals surface area contributed by atoms with Crippen LogP contribution >= 0.6 is 0 Å². The van der Waals surface area contributed by atoms with Gasteiger partial charge in [0.1, 0.15) is 11.9 Å². The summed E-state index contributed by atoms with van der Waals surface area (Å²) in [4.78, 5) is 21.2. The lowest BCUT2D eigenvalue weighted by Gasteiger charge is -2.13. The van der Waals surface area contributed by atoms with Gasteiger partial charge in [0.05, 0.1) is 35.9 Å². The molecule has 0 saturated carbocycles. The van der Waals surface area contributed by atoms with E-state index in [4.69, 9.17) is 4.74 Å². The van der Waals surface area contributed by atoms with Gasteiger partial charge in [-0.3, -0.25) is 14.8 Å². The van der Waals surface area contributed by atoms with Gasteiger partial charge in [0.25, 0.3) is 5.91 Å². The fourth-order valence-corrected chi connectivity index (χ4v) is 3.81. The Morgan fingerprint density at radius 1 is 1.19 bits per heavy atom. The van der Waals surface area contributed by atoms with Gasteiger partial charge in [-0.1, -0.05) is 24.3 Å². The Balaban J connectivity index is 1.27. The van der Waals surface area contributed by atoms with Gasteiger partial charge in [0.2, 0.25) is 0 Å². The van der Waals surface area contributed by atoms with Gasteiger partial charge in [0.15, 0.2) is 0 Å². The Hall–Kier alpha value is -4.00. The number of hydrogen-bond donors (Lipinski definition) is 1. The van der Waals surface area contributed by atoms with Crippen LogP contribution in [0.4, 0.5) is 0 Å². The summed E-state index contributed by atoms with van der Waals surface area (Å²) in [5, 5.41) is 7.26. The van der Waals surface area contributed by atoms with Crippen molar-refractivity contribution in [2.45, 2.75) is 19.4 Å². The van der Waals surface area contributed by atoms with Crippen molar-refractivity contribution in [1.82, 2.24) is 25.1 Å². The minimum absolute atomic E-state index is 0.139. The summed E-state index contributed by atoms with van der Waals surface area (Å²) in [6.07, 6.45) is 8.95. The molecular weight excluding hydrogens is 390 g/mol. The summed E-state index contributed by atoms with van der Waals surface area (Å²) < 4.78 is 7.89. The molecule has 3 heterocycles. The number of aryl methyl sites for hydroxylation is 1. The van der Waals surface area contributed by atoms with E-state index in [9.17, 15) is 4.79 Å². The topological polar surface area (TPSA) is 81.9 Å². The third-order valence-electron chi connectivity index (χ3n) is 5.24. The lowest BCUT2D eigenvalue weighted by Crippen LogP contribution is -2.34. The summed E-state index contributed by atoms with van der Waals surface area (Å²) in [6.45, 7) is 2.46. The van der Waals surface area contributed by atoms with E-state index in [0.717, 1.165) is 40.2 Å². The van der Waals surface area contributed by atoms with Crippen LogP contribution in [0.1, 0.15) is 21.5 Å². The number of nitrogens with one attached hydrogen (secondary N) is 1. The van der Waals surface area contributed by atoms with Gasteiger partial charge in [0, 0.05) is 30.6 Å². The standard InChI is InChI=1S/C24H21N5O2/c1-16-9-17-11-20(31-23(17)21(10-16)22-14-25-7-8-26-22)13-27-24(30)18-12-28-29(15-18)19-5-3-2-4-6-19/h2-10,12,14-15,20H,11,13H2,1H3,(H,27,30)/t20-/m0/s1. The molecule has 7 heteroatoms. The molecule has 0 fully saturated rings. The Labute approximate surface area is 179 Å². The first-order chi connectivity index (χ1) is 15.2. The highest BCUT2D eigenvalue weighted by atomic mass is 16.5. The summed E-state index contributed by atoms with van der Waals surface area (Å²) in [7, 11) is 0. The molecule has 2 aromatic heterocycles. The summed E-state index contributed by atoms with van der Waals surface area (Å²) >= 11 is 0. The van der Waals surface area contributed by atoms with E-state index in [-0.39, 0.29) is 12.0 Å². The van der Waals surface area contributed by atoms with Crippen molar-refractivity contribution in [3.63, 3.8) is 0 Å². The van der Waals surface area contributed by atoms with E-state index in [0.29, 0.717) is 12.1 Å². The van der Waals surface area contributed by atoms with Gasteiger partial charge in [-0.2, -0.15) is 5.10 Å². The number of nitrogens with zero attached hydrogens (tertiary/aromatic N) is 4. The lowest BCUT2D eigenvalue weighted by molar-refractivity contribution is 0.0933. The molecule has 31 heavy (non-hydrogen) atoms. The van der Waals surface area contributed by atoms with Crippen LogP contribution in [0.3, 0.4) is 0 Å². The second kappa shape index (κ2) is 8.02. The van der Waals surface area contributed by atoms with E-state index in [1.54, 1.807) is 35.7 Å². The number of benzene rings is 2. The van der Waals surface area contributed by atoms with E-state index in [2.05, 4.69) is 39.4 Å². The van der Waals surface area contributed by atoms with Gasteiger partial charge in [-0.25, -0.2) is 4.68 Å².